The minimum absolute atomic E-state index is 0.0650. The van der Waals surface area contributed by atoms with Crippen LogP contribution in [0.15, 0.2) is 10.9 Å². The average Bonchev–Trinajstić information content (AvgIpc) is 3.40. The Bertz CT molecular complexity index is 1050. The number of nitrogens with zero attached hydrogens (tertiary/aromatic N) is 3. The second-order valence-corrected chi connectivity index (χ2v) is 9.71. The van der Waals surface area contributed by atoms with Gasteiger partial charge in [0.2, 0.25) is 11.8 Å². The molecule has 2 amide bonds. The molecule has 1 saturated carbocycles. The van der Waals surface area contributed by atoms with E-state index in [0.29, 0.717) is 35.8 Å². The predicted molar refractivity (Wildman–Crippen MR) is 123 cm³/mol. The lowest BCUT2D eigenvalue weighted by atomic mass is 9.88. The summed E-state index contributed by atoms with van der Waals surface area (Å²) in [6, 6.07) is 2.01. The van der Waals surface area contributed by atoms with Gasteiger partial charge in [-0.25, -0.2) is 9.50 Å². The van der Waals surface area contributed by atoms with Crippen molar-refractivity contribution in [2.24, 2.45) is 5.92 Å². The van der Waals surface area contributed by atoms with Crippen molar-refractivity contribution in [3.05, 3.63) is 33.4 Å². The highest BCUT2D eigenvalue weighted by Gasteiger charge is 2.33. The molecule has 2 aliphatic rings. The van der Waals surface area contributed by atoms with Crippen LogP contribution in [0.3, 0.4) is 0 Å². The van der Waals surface area contributed by atoms with E-state index in [9.17, 15) is 14.4 Å². The Balaban J connectivity index is 1.48. The number of rotatable bonds is 6. The van der Waals surface area contributed by atoms with Gasteiger partial charge >= 0.3 is 0 Å². The van der Waals surface area contributed by atoms with Crippen molar-refractivity contribution in [1.29, 1.82) is 0 Å². The minimum atomic E-state index is -0.149. The zero-order valence-electron chi connectivity index (χ0n) is 19.4. The fourth-order valence-electron chi connectivity index (χ4n) is 5.14. The summed E-state index contributed by atoms with van der Waals surface area (Å²) in [5.74, 6) is 0.609. The number of nitrogens with one attached hydrogen (secondary N) is 2. The quantitative estimate of drug-likeness (QED) is 0.720. The zero-order valence-corrected chi connectivity index (χ0v) is 19.4. The van der Waals surface area contributed by atoms with E-state index in [4.69, 9.17) is 0 Å². The summed E-state index contributed by atoms with van der Waals surface area (Å²) in [7, 11) is 0. The van der Waals surface area contributed by atoms with Crippen LogP contribution < -0.4 is 10.9 Å². The van der Waals surface area contributed by atoms with Gasteiger partial charge in [-0.3, -0.25) is 19.5 Å². The number of amides is 2. The van der Waals surface area contributed by atoms with Gasteiger partial charge in [0.15, 0.2) is 5.65 Å². The van der Waals surface area contributed by atoms with Crippen molar-refractivity contribution < 1.29 is 9.59 Å². The van der Waals surface area contributed by atoms with Crippen LogP contribution in [0.4, 0.5) is 0 Å². The van der Waals surface area contributed by atoms with Gasteiger partial charge in [-0.15, -0.1) is 0 Å². The van der Waals surface area contributed by atoms with E-state index in [0.717, 1.165) is 44.3 Å². The maximum absolute atomic E-state index is 13.1. The van der Waals surface area contributed by atoms with Crippen LogP contribution in [-0.4, -0.2) is 50.4 Å². The molecule has 0 bridgehead atoms. The van der Waals surface area contributed by atoms with Crippen LogP contribution >= 0.6 is 0 Å². The number of aryl methyl sites for hydroxylation is 1. The molecule has 8 heteroatoms. The highest BCUT2D eigenvalue weighted by Crippen LogP contribution is 2.31. The number of aromatic amines is 1. The lowest BCUT2D eigenvalue weighted by Gasteiger charge is -2.26. The zero-order chi connectivity index (χ0) is 22.8. The van der Waals surface area contributed by atoms with Gasteiger partial charge in [0.1, 0.15) is 0 Å². The Morgan fingerprint density at radius 3 is 2.69 bits per heavy atom. The summed E-state index contributed by atoms with van der Waals surface area (Å²) in [6.45, 7) is 7.12. The number of hydrogen-bond donors (Lipinski definition) is 2. The summed E-state index contributed by atoms with van der Waals surface area (Å²) in [5.41, 5.74) is 2.62. The molecule has 1 saturated heterocycles. The van der Waals surface area contributed by atoms with E-state index in [1.807, 2.05) is 31.7 Å². The van der Waals surface area contributed by atoms with E-state index < -0.39 is 0 Å². The highest BCUT2D eigenvalue weighted by atomic mass is 16.2. The number of aromatic nitrogens is 3. The first kappa shape index (κ1) is 22.6. The molecule has 32 heavy (non-hydrogen) atoms. The summed E-state index contributed by atoms with van der Waals surface area (Å²) >= 11 is 0. The number of carbonyl (C=O) groups excluding carboxylic acids is 2. The third-order valence-electron chi connectivity index (χ3n) is 6.88. The van der Waals surface area contributed by atoms with Gasteiger partial charge in [0, 0.05) is 60.4 Å². The molecule has 1 unspecified atom stereocenters. The molecule has 1 aliphatic carbocycles. The standard InChI is InChI=1S/C24H35N5O3/c1-15(2)25-22(30)10-9-19-16(3)26-21-13-20(27-29(21)24(19)32)18-11-12-28(14-18)23(31)17-7-5-4-6-8-17/h13,15,17-18,27H,4-12,14H2,1-3H3,(H,25,30). The number of likely N-dealkylation sites (tertiary alicyclic amines) is 1. The van der Waals surface area contributed by atoms with Crippen molar-refractivity contribution in [2.45, 2.75) is 84.1 Å². The summed E-state index contributed by atoms with van der Waals surface area (Å²) in [6.07, 6.45) is 7.10. The van der Waals surface area contributed by atoms with Gasteiger partial charge in [-0.2, -0.15) is 0 Å². The van der Waals surface area contributed by atoms with E-state index in [1.54, 1.807) is 0 Å². The van der Waals surface area contributed by atoms with E-state index in [2.05, 4.69) is 15.4 Å². The van der Waals surface area contributed by atoms with E-state index >= 15 is 0 Å². The third-order valence-corrected chi connectivity index (χ3v) is 6.88. The fourth-order valence-corrected chi connectivity index (χ4v) is 5.14. The molecule has 0 spiro atoms. The molecule has 3 heterocycles. The van der Waals surface area contributed by atoms with Crippen molar-refractivity contribution in [3.8, 4) is 0 Å². The van der Waals surface area contributed by atoms with Crippen LogP contribution in [0.1, 0.15) is 81.7 Å². The topological polar surface area (TPSA) is 99.6 Å². The Kier molecular flexibility index (Phi) is 6.67. The van der Waals surface area contributed by atoms with Gasteiger partial charge in [0.25, 0.3) is 5.56 Å². The second-order valence-electron chi connectivity index (χ2n) is 9.71. The maximum atomic E-state index is 13.1. The predicted octanol–water partition coefficient (Wildman–Crippen LogP) is 2.68. The highest BCUT2D eigenvalue weighted by molar-refractivity contribution is 5.79. The Hall–Kier alpha value is -2.64. The SMILES string of the molecule is Cc1nc2cc(C3CCN(C(=O)C4CCCCC4)C3)[nH]n2c(=O)c1CCC(=O)NC(C)C. The van der Waals surface area contributed by atoms with E-state index in [1.165, 1.54) is 10.9 Å². The molecule has 2 fully saturated rings. The molecule has 2 N–H and O–H groups in total. The minimum Gasteiger partial charge on any atom is -0.354 e. The van der Waals surface area contributed by atoms with E-state index in [-0.39, 0.29) is 35.8 Å². The van der Waals surface area contributed by atoms with Crippen molar-refractivity contribution >= 4 is 17.5 Å². The van der Waals surface area contributed by atoms with Gasteiger partial charge in [0.05, 0.1) is 0 Å². The molecule has 4 rings (SSSR count). The Morgan fingerprint density at radius 2 is 1.97 bits per heavy atom. The number of carbonyl (C=O) groups is 2. The largest absolute Gasteiger partial charge is 0.354 e. The molecule has 0 aromatic carbocycles. The van der Waals surface area contributed by atoms with Crippen molar-refractivity contribution in [2.75, 3.05) is 13.1 Å². The fraction of sp³-hybridized carbons (Fsp3) is 0.667. The van der Waals surface area contributed by atoms with Gasteiger partial charge < -0.3 is 10.2 Å². The van der Waals surface area contributed by atoms with Gasteiger partial charge in [-0.1, -0.05) is 19.3 Å². The first-order valence-electron chi connectivity index (χ1n) is 12.0. The van der Waals surface area contributed by atoms with Crippen LogP contribution in [-0.2, 0) is 16.0 Å². The summed E-state index contributed by atoms with van der Waals surface area (Å²) < 4.78 is 1.49. The monoisotopic (exact) mass is 441 g/mol. The molecule has 2 aromatic rings. The molecule has 8 nitrogen and oxygen atoms in total. The number of H-pyrrole nitrogens is 1. The molecular formula is C24H35N5O3. The number of hydrogen-bond acceptors (Lipinski definition) is 4. The maximum Gasteiger partial charge on any atom is 0.276 e. The Morgan fingerprint density at radius 1 is 1.22 bits per heavy atom. The van der Waals surface area contributed by atoms with Crippen LogP contribution in [0.5, 0.6) is 0 Å². The second kappa shape index (κ2) is 9.46. The smallest absolute Gasteiger partial charge is 0.276 e. The Labute approximate surface area is 188 Å². The van der Waals surface area contributed by atoms with Crippen molar-refractivity contribution in [3.63, 3.8) is 0 Å². The van der Waals surface area contributed by atoms with Crippen molar-refractivity contribution in [1.82, 2.24) is 24.8 Å². The third kappa shape index (κ3) is 4.74. The molecule has 1 aliphatic heterocycles. The number of fused-ring (bicyclic) bond motifs is 1. The molecule has 174 valence electrons. The van der Waals surface area contributed by atoms with Crippen LogP contribution in [0.2, 0.25) is 0 Å². The normalized spacial score (nSPS) is 19.8. The molecule has 2 aromatic heterocycles. The average molecular weight is 442 g/mol. The summed E-state index contributed by atoms with van der Waals surface area (Å²) in [5, 5.41) is 6.09. The van der Waals surface area contributed by atoms with Crippen LogP contribution in [0, 0.1) is 12.8 Å². The molecule has 1 atom stereocenters. The molecular weight excluding hydrogens is 406 g/mol. The lowest BCUT2D eigenvalue weighted by Crippen LogP contribution is -2.35. The first-order valence-corrected chi connectivity index (χ1v) is 12.0. The van der Waals surface area contributed by atoms with Crippen LogP contribution in [0.25, 0.3) is 5.65 Å². The lowest BCUT2D eigenvalue weighted by molar-refractivity contribution is -0.135. The molecule has 0 radical (unpaired) electrons. The van der Waals surface area contributed by atoms with Gasteiger partial charge in [-0.05, 0) is 46.5 Å². The first-order chi connectivity index (χ1) is 15.3. The summed E-state index contributed by atoms with van der Waals surface area (Å²) in [4.78, 5) is 44.6.